The highest BCUT2D eigenvalue weighted by Crippen LogP contribution is 2.13. The monoisotopic (exact) mass is 384 g/mol. The first kappa shape index (κ1) is 18.8. The normalized spacial score (nSPS) is 11.3. The predicted molar refractivity (Wildman–Crippen MR) is 102 cm³/mol. The lowest BCUT2D eigenvalue weighted by molar-refractivity contribution is 0.0505. The fourth-order valence-electron chi connectivity index (χ4n) is 2.62. The zero-order chi connectivity index (χ0) is 19.3. The second-order valence-corrected chi connectivity index (χ2v) is 8.16. The Balaban J connectivity index is 1.52. The zero-order valence-corrected chi connectivity index (χ0v) is 15.7. The van der Waals surface area contributed by atoms with Crippen molar-refractivity contribution in [2.45, 2.75) is 18.2 Å². The minimum absolute atomic E-state index is 0.0465. The molecule has 6 nitrogen and oxygen atoms in total. The molecular weight excluding hydrogens is 364 g/mol. The zero-order valence-electron chi connectivity index (χ0n) is 14.9. The number of hydrogen-bond acceptors (Lipinski definition) is 5. The highest BCUT2D eigenvalue weighted by atomic mass is 32.2. The predicted octanol–water partition coefficient (Wildman–Crippen LogP) is 3.20. The van der Waals surface area contributed by atoms with E-state index < -0.39 is 15.8 Å². The Kier molecular flexibility index (Phi) is 5.71. The average molecular weight is 384 g/mol. The third kappa shape index (κ3) is 4.62. The number of aryl methyl sites for hydroxylation is 1. The van der Waals surface area contributed by atoms with Gasteiger partial charge in [-0.05, 0) is 55.8 Å². The number of nitrogens with zero attached hydrogens (tertiary/aromatic N) is 2. The van der Waals surface area contributed by atoms with Crippen LogP contribution in [0.1, 0.15) is 22.5 Å². The molecule has 0 amide bonds. The van der Waals surface area contributed by atoms with Gasteiger partial charge in [0.2, 0.25) is 0 Å². The third-order valence-electron chi connectivity index (χ3n) is 4.07. The molecule has 0 saturated heterocycles. The van der Waals surface area contributed by atoms with Gasteiger partial charge in [-0.1, -0.05) is 18.2 Å². The fourth-order valence-corrected chi connectivity index (χ4v) is 3.93. The van der Waals surface area contributed by atoms with Crippen LogP contribution in [0.5, 0.6) is 0 Å². The summed E-state index contributed by atoms with van der Waals surface area (Å²) in [5.41, 5.74) is 2.25. The van der Waals surface area contributed by atoms with Gasteiger partial charge in [0.25, 0.3) is 0 Å². The highest BCUT2D eigenvalue weighted by Gasteiger charge is 2.14. The molecule has 0 aliphatic heterocycles. The standard InChI is InChI=1S/C20H20N2O4S/c1-16-12-13-21-22(16)18-10-8-17(9-11-18)20(23)26-14-5-15-27(24,25)19-6-3-2-4-7-19/h2-4,6-13H,5,14-15H2,1H3. The first-order valence-corrected chi connectivity index (χ1v) is 10.2. The number of benzene rings is 2. The molecule has 0 bridgehead atoms. The van der Waals surface area contributed by atoms with Crippen LogP contribution in [0.2, 0.25) is 0 Å². The van der Waals surface area contributed by atoms with E-state index in [0.717, 1.165) is 11.4 Å². The van der Waals surface area contributed by atoms with E-state index in [2.05, 4.69) is 5.10 Å². The number of aromatic nitrogens is 2. The largest absolute Gasteiger partial charge is 0.462 e. The van der Waals surface area contributed by atoms with Crippen molar-refractivity contribution in [1.82, 2.24) is 9.78 Å². The molecule has 0 fully saturated rings. The maximum Gasteiger partial charge on any atom is 0.338 e. The van der Waals surface area contributed by atoms with Crippen LogP contribution in [-0.2, 0) is 14.6 Å². The fraction of sp³-hybridized carbons (Fsp3) is 0.200. The van der Waals surface area contributed by atoms with Crippen molar-refractivity contribution in [3.8, 4) is 5.69 Å². The van der Waals surface area contributed by atoms with Crippen LogP contribution in [0.4, 0.5) is 0 Å². The minimum Gasteiger partial charge on any atom is -0.462 e. The quantitative estimate of drug-likeness (QED) is 0.462. The summed E-state index contributed by atoms with van der Waals surface area (Å²) in [5.74, 6) is -0.544. The molecule has 0 N–H and O–H groups in total. The van der Waals surface area contributed by atoms with Crippen LogP contribution in [0.15, 0.2) is 71.8 Å². The Morgan fingerprint density at radius 2 is 1.74 bits per heavy atom. The van der Waals surface area contributed by atoms with Crippen LogP contribution in [0.3, 0.4) is 0 Å². The Bertz CT molecular complexity index is 1010. The molecule has 0 saturated carbocycles. The van der Waals surface area contributed by atoms with Crippen molar-refractivity contribution in [2.75, 3.05) is 12.4 Å². The molecule has 140 valence electrons. The van der Waals surface area contributed by atoms with E-state index in [9.17, 15) is 13.2 Å². The van der Waals surface area contributed by atoms with E-state index in [1.54, 1.807) is 65.5 Å². The molecular formula is C20H20N2O4S. The van der Waals surface area contributed by atoms with Crippen molar-refractivity contribution in [2.24, 2.45) is 0 Å². The van der Waals surface area contributed by atoms with Gasteiger partial charge in [0.15, 0.2) is 9.84 Å². The van der Waals surface area contributed by atoms with Crippen LogP contribution >= 0.6 is 0 Å². The molecule has 3 aromatic rings. The number of ether oxygens (including phenoxy) is 1. The maximum atomic E-state index is 12.2. The van der Waals surface area contributed by atoms with E-state index >= 15 is 0 Å². The number of carbonyl (C=O) groups is 1. The van der Waals surface area contributed by atoms with Crippen LogP contribution in [0, 0.1) is 6.92 Å². The molecule has 0 unspecified atom stereocenters. The van der Waals surface area contributed by atoms with Gasteiger partial charge in [-0.25, -0.2) is 17.9 Å². The van der Waals surface area contributed by atoms with Crippen LogP contribution in [-0.4, -0.2) is 36.5 Å². The lowest BCUT2D eigenvalue weighted by atomic mass is 10.2. The van der Waals surface area contributed by atoms with E-state index in [1.807, 2.05) is 13.0 Å². The molecule has 0 atom stereocenters. The smallest absolute Gasteiger partial charge is 0.338 e. The van der Waals surface area contributed by atoms with Crippen molar-refractivity contribution in [1.29, 1.82) is 0 Å². The van der Waals surface area contributed by atoms with Gasteiger partial charge in [-0.15, -0.1) is 0 Å². The van der Waals surface area contributed by atoms with Crippen molar-refractivity contribution >= 4 is 15.8 Å². The van der Waals surface area contributed by atoms with Crippen LogP contribution < -0.4 is 0 Å². The summed E-state index contributed by atoms with van der Waals surface area (Å²) >= 11 is 0. The van der Waals surface area contributed by atoms with E-state index in [-0.39, 0.29) is 23.7 Å². The highest BCUT2D eigenvalue weighted by molar-refractivity contribution is 7.91. The van der Waals surface area contributed by atoms with Crippen molar-refractivity contribution in [3.05, 3.63) is 78.1 Å². The third-order valence-corrected chi connectivity index (χ3v) is 5.89. The number of carbonyl (C=O) groups excluding carboxylic acids is 1. The Labute approximate surface area is 158 Å². The summed E-state index contributed by atoms with van der Waals surface area (Å²) in [6.45, 7) is 1.99. The van der Waals surface area contributed by atoms with Gasteiger partial charge in [0.1, 0.15) is 0 Å². The van der Waals surface area contributed by atoms with E-state index in [1.165, 1.54) is 0 Å². The number of hydrogen-bond donors (Lipinski definition) is 0. The van der Waals surface area contributed by atoms with Crippen molar-refractivity contribution in [3.63, 3.8) is 0 Å². The molecule has 7 heteroatoms. The van der Waals surface area contributed by atoms with Gasteiger partial charge in [0, 0.05) is 11.9 Å². The molecule has 3 rings (SSSR count). The number of rotatable bonds is 7. The van der Waals surface area contributed by atoms with Gasteiger partial charge in [-0.3, -0.25) is 0 Å². The number of sulfone groups is 1. The van der Waals surface area contributed by atoms with Crippen LogP contribution in [0.25, 0.3) is 5.69 Å². The SMILES string of the molecule is Cc1ccnn1-c1ccc(C(=O)OCCCS(=O)(=O)c2ccccc2)cc1. The topological polar surface area (TPSA) is 78.3 Å². The minimum atomic E-state index is -3.36. The summed E-state index contributed by atoms with van der Waals surface area (Å²) in [5, 5.41) is 4.21. The summed E-state index contributed by atoms with van der Waals surface area (Å²) in [4.78, 5) is 12.4. The van der Waals surface area contributed by atoms with E-state index in [0.29, 0.717) is 5.56 Å². The Hall–Kier alpha value is -2.93. The van der Waals surface area contributed by atoms with E-state index in [4.69, 9.17) is 4.74 Å². The summed E-state index contributed by atoms with van der Waals surface area (Å²) in [6.07, 6.45) is 1.95. The lowest BCUT2D eigenvalue weighted by Crippen LogP contribution is -2.12. The maximum absolute atomic E-state index is 12.2. The molecule has 1 heterocycles. The molecule has 27 heavy (non-hydrogen) atoms. The molecule has 0 aliphatic carbocycles. The molecule has 0 aliphatic rings. The first-order chi connectivity index (χ1) is 13.0. The summed E-state index contributed by atoms with van der Waals surface area (Å²) in [7, 11) is -3.36. The second-order valence-electron chi connectivity index (χ2n) is 6.05. The van der Waals surface area contributed by atoms with Gasteiger partial charge in [-0.2, -0.15) is 5.10 Å². The molecule has 0 radical (unpaired) electrons. The molecule has 0 spiro atoms. The molecule has 1 aromatic heterocycles. The van der Waals surface area contributed by atoms with Gasteiger partial charge >= 0.3 is 5.97 Å². The first-order valence-electron chi connectivity index (χ1n) is 8.53. The van der Waals surface area contributed by atoms with Gasteiger partial charge in [0.05, 0.1) is 28.5 Å². The Morgan fingerprint density at radius 1 is 1.04 bits per heavy atom. The van der Waals surface area contributed by atoms with Gasteiger partial charge < -0.3 is 4.74 Å². The average Bonchev–Trinajstić information content (AvgIpc) is 3.12. The summed E-state index contributed by atoms with van der Waals surface area (Å²) in [6, 6.07) is 17.0. The molecule has 2 aromatic carbocycles. The van der Waals surface area contributed by atoms with Crippen molar-refractivity contribution < 1.29 is 17.9 Å². The number of esters is 1. The Morgan fingerprint density at radius 3 is 2.37 bits per heavy atom. The lowest BCUT2D eigenvalue weighted by Gasteiger charge is -2.08. The second kappa shape index (κ2) is 8.18. The summed E-state index contributed by atoms with van der Waals surface area (Å²) < 4.78 is 31.3.